The zero-order valence-corrected chi connectivity index (χ0v) is 19.4. The summed E-state index contributed by atoms with van der Waals surface area (Å²) in [6.45, 7) is 3.67. The molecule has 0 spiro atoms. The van der Waals surface area contributed by atoms with Crippen LogP contribution in [0, 0.1) is 13.8 Å². The maximum atomic E-state index is 12.2. The van der Waals surface area contributed by atoms with Crippen LogP contribution in [0.5, 0.6) is 5.75 Å². The summed E-state index contributed by atoms with van der Waals surface area (Å²) in [5.74, 6) is 0.368. The molecule has 9 heteroatoms. The Morgan fingerprint density at radius 3 is 2.39 bits per heavy atom. The van der Waals surface area contributed by atoms with Gasteiger partial charge in [-0.1, -0.05) is 45.9 Å². The highest BCUT2D eigenvalue weighted by Gasteiger charge is 2.09. The lowest BCUT2D eigenvalue weighted by molar-refractivity contribution is -0.123. The number of halogens is 1. The molecular formula is C22H21BrN4O3S. The summed E-state index contributed by atoms with van der Waals surface area (Å²) in [6.07, 6.45) is 0. The van der Waals surface area contributed by atoms with Crippen LogP contribution >= 0.6 is 27.7 Å². The van der Waals surface area contributed by atoms with Gasteiger partial charge in [0.15, 0.2) is 11.8 Å². The lowest BCUT2D eigenvalue weighted by Gasteiger charge is -2.09. The number of aromatic nitrogens is 2. The van der Waals surface area contributed by atoms with E-state index in [-0.39, 0.29) is 6.61 Å². The predicted molar refractivity (Wildman–Crippen MR) is 123 cm³/mol. The van der Waals surface area contributed by atoms with Crippen molar-refractivity contribution in [2.75, 3.05) is 6.61 Å². The van der Waals surface area contributed by atoms with Crippen LogP contribution in [0.25, 0.3) is 0 Å². The van der Waals surface area contributed by atoms with Crippen LogP contribution in [-0.4, -0.2) is 28.4 Å². The monoisotopic (exact) mass is 500 g/mol. The number of benzene rings is 2. The quantitative estimate of drug-likeness (QED) is 0.289. The number of thioether (sulfide) groups is 1. The van der Waals surface area contributed by atoms with Crippen molar-refractivity contribution in [3.63, 3.8) is 0 Å². The molecule has 2 N–H and O–H groups in total. The minimum atomic E-state index is -0.463. The molecule has 1 aromatic heterocycles. The van der Waals surface area contributed by atoms with Gasteiger partial charge in [0, 0.05) is 27.2 Å². The standard InChI is InChI=1S/C22H21BrN4O3S/c1-14-10-15(2)25-22(24-14)31-13-16-6-8-17(9-7-16)21(29)27-26-20(28)12-30-19-5-3-4-18(23)11-19/h3-11H,12-13H2,1-2H3,(H,26,28)(H,27,29). The number of hydrogen-bond donors (Lipinski definition) is 2. The molecule has 1 heterocycles. The van der Waals surface area contributed by atoms with Crippen molar-refractivity contribution in [2.24, 2.45) is 0 Å². The molecule has 0 aliphatic rings. The molecule has 0 saturated heterocycles. The van der Waals surface area contributed by atoms with Crippen LogP contribution in [0.2, 0.25) is 0 Å². The van der Waals surface area contributed by atoms with Crippen molar-refractivity contribution < 1.29 is 14.3 Å². The number of carbonyl (C=O) groups excluding carboxylic acids is 2. The highest BCUT2D eigenvalue weighted by Crippen LogP contribution is 2.20. The Balaban J connectivity index is 1.44. The largest absolute Gasteiger partial charge is 0.484 e. The van der Waals surface area contributed by atoms with Crippen molar-refractivity contribution in [1.29, 1.82) is 0 Å². The van der Waals surface area contributed by atoms with Gasteiger partial charge in [0.25, 0.3) is 11.8 Å². The van der Waals surface area contributed by atoms with E-state index < -0.39 is 11.8 Å². The second-order valence-electron chi connectivity index (χ2n) is 6.67. The molecule has 0 aliphatic carbocycles. The van der Waals surface area contributed by atoms with E-state index in [1.54, 1.807) is 30.3 Å². The SMILES string of the molecule is Cc1cc(C)nc(SCc2ccc(C(=O)NNC(=O)COc3cccc(Br)c3)cc2)n1. The molecule has 160 valence electrons. The van der Waals surface area contributed by atoms with Crippen molar-refractivity contribution in [1.82, 2.24) is 20.8 Å². The van der Waals surface area contributed by atoms with E-state index in [0.717, 1.165) is 26.6 Å². The molecule has 7 nitrogen and oxygen atoms in total. The second-order valence-corrected chi connectivity index (χ2v) is 8.53. The Morgan fingerprint density at radius 2 is 1.71 bits per heavy atom. The van der Waals surface area contributed by atoms with Gasteiger partial charge in [-0.15, -0.1) is 0 Å². The first kappa shape index (κ1) is 22.8. The Hall–Kier alpha value is -2.91. The van der Waals surface area contributed by atoms with Crippen LogP contribution in [0.1, 0.15) is 27.3 Å². The third-order valence-electron chi connectivity index (χ3n) is 4.03. The van der Waals surface area contributed by atoms with Gasteiger partial charge in [0.1, 0.15) is 5.75 Å². The fourth-order valence-corrected chi connectivity index (χ4v) is 3.88. The number of aryl methyl sites for hydroxylation is 2. The lowest BCUT2D eigenvalue weighted by atomic mass is 10.1. The highest BCUT2D eigenvalue weighted by molar-refractivity contribution is 9.10. The van der Waals surface area contributed by atoms with Gasteiger partial charge in [-0.25, -0.2) is 9.97 Å². The molecule has 31 heavy (non-hydrogen) atoms. The summed E-state index contributed by atoms with van der Waals surface area (Å²) in [6, 6.07) is 16.2. The van der Waals surface area contributed by atoms with Crippen LogP contribution in [-0.2, 0) is 10.5 Å². The van der Waals surface area contributed by atoms with Gasteiger partial charge >= 0.3 is 0 Å². The molecule has 3 rings (SSSR count). The van der Waals surface area contributed by atoms with Crippen LogP contribution in [0.4, 0.5) is 0 Å². The molecule has 2 amide bonds. The Bertz CT molecular complexity index is 1060. The van der Waals surface area contributed by atoms with Crippen LogP contribution in [0.3, 0.4) is 0 Å². The van der Waals surface area contributed by atoms with Gasteiger partial charge in [0.2, 0.25) is 0 Å². The number of rotatable bonds is 7. The molecule has 2 aromatic carbocycles. The Kier molecular flexibility index (Phi) is 8.02. The van der Waals surface area contributed by atoms with Crippen molar-refractivity contribution in [3.05, 3.63) is 81.6 Å². The Labute approximate surface area is 193 Å². The summed E-state index contributed by atoms with van der Waals surface area (Å²) >= 11 is 4.87. The molecular weight excluding hydrogens is 480 g/mol. The Morgan fingerprint density at radius 1 is 1.00 bits per heavy atom. The van der Waals surface area contributed by atoms with Crippen molar-refractivity contribution in [3.8, 4) is 5.75 Å². The van der Waals surface area contributed by atoms with E-state index in [1.165, 1.54) is 11.8 Å². The third-order valence-corrected chi connectivity index (χ3v) is 5.44. The first-order valence-electron chi connectivity index (χ1n) is 9.40. The first-order chi connectivity index (χ1) is 14.9. The van der Waals surface area contributed by atoms with E-state index >= 15 is 0 Å². The predicted octanol–water partition coefficient (Wildman–Crippen LogP) is 3.99. The molecule has 0 unspecified atom stereocenters. The molecule has 0 radical (unpaired) electrons. The van der Waals surface area contributed by atoms with E-state index in [4.69, 9.17) is 4.74 Å². The van der Waals surface area contributed by atoms with Crippen molar-refractivity contribution in [2.45, 2.75) is 24.8 Å². The van der Waals surface area contributed by atoms with E-state index in [0.29, 0.717) is 17.1 Å². The third kappa shape index (κ3) is 7.37. The van der Waals surface area contributed by atoms with Crippen molar-refractivity contribution >= 4 is 39.5 Å². The minimum absolute atomic E-state index is 0.215. The summed E-state index contributed by atoms with van der Waals surface area (Å²) in [5, 5.41) is 0.729. The van der Waals surface area contributed by atoms with E-state index in [9.17, 15) is 9.59 Å². The maximum absolute atomic E-state index is 12.2. The summed E-state index contributed by atoms with van der Waals surface area (Å²) in [4.78, 5) is 32.9. The lowest BCUT2D eigenvalue weighted by Crippen LogP contribution is -2.43. The molecule has 3 aromatic rings. The average Bonchev–Trinajstić information content (AvgIpc) is 2.74. The normalized spacial score (nSPS) is 10.4. The fraction of sp³-hybridized carbons (Fsp3) is 0.182. The molecule has 0 atom stereocenters. The summed E-state index contributed by atoms with van der Waals surface area (Å²) in [7, 11) is 0. The molecule has 0 saturated carbocycles. The van der Waals surface area contributed by atoms with E-state index in [2.05, 4.69) is 36.7 Å². The minimum Gasteiger partial charge on any atom is -0.484 e. The average molecular weight is 501 g/mol. The number of amides is 2. The van der Waals surface area contributed by atoms with Gasteiger partial charge in [-0.3, -0.25) is 20.4 Å². The number of hydrogen-bond acceptors (Lipinski definition) is 6. The molecule has 0 aliphatic heterocycles. The second kappa shape index (κ2) is 10.9. The summed E-state index contributed by atoms with van der Waals surface area (Å²) in [5.41, 5.74) is 8.07. The van der Waals surface area contributed by atoms with Crippen LogP contribution in [0.15, 0.2) is 64.2 Å². The highest BCUT2D eigenvalue weighted by atomic mass is 79.9. The van der Waals surface area contributed by atoms with E-state index in [1.807, 2.05) is 38.1 Å². The molecule has 0 bridgehead atoms. The van der Waals surface area contributed by atoms with Gasteiger partial charge < -0.3 is 4.74 Å². The smallest absolute Gasteiger partial charge is 0.276 e. The number of hydrazine groups is 1. The number of carbonyl (C=O) groups is 2. The van der Waals surface area contributed by atoms with Gasteiger partial charge in [-0.2, -0.15) is 0 Å². The number of ether oxygens (including phenoxy) is 1. The van der Waals surface area contributed by atoms with Crippen LogP contribution < -0.4 is 15.6 Å². The zero-order valence-electron chi connectivity index (χ0n) is 17.0. The fourth-order valence-electron chi connectivity index (χ4n) is 2.60. The molecule has 0 fully saturated rings. The topological polar surface area (TPSA) is 93.2 Å². The first-order valence-corrected chi connectivity index (χ1v) is 11.2. The summed E-state index contributed by atoms with van der Waals surface area (Å²) < 4.78 is 6.22. The number of nitrogens with one attached hydrogen (secondary N) is 2. The van der Waals surface area contributed by atoms with Gasteiger partial charge in [-0.05, 0) is 55.8 Å². The maximum Gasteiger partial charge on any atom is 0.276 e. The van der Waals surface area contributed by atoms with Gasteiger partial charge in [0.05, 0.1) is 0 Å². The zero-order chi connectivity index (χ0) is 22.2. The number of nitrogens with zero attached hydrogens (tertiary/aromatic N) is 2.